The predicted molar refractivity (Wildman–Crippen MR) is 129 cm³/mol. The molecule has 184 valence electrons. The molecule has 1 saturated carbocycles. The summed E-state index contributed by atoms with van der Waals surface area (Å²) in [7, 11) is 0. The first kappa shape index (κ1) is 22.8. The number of hydrogen-bond acceptors (Lipinski definition) is 6. The summed E-state index contributed by atoms with van der Waals surface area (Å²) < 4.78 is 30.7. The number of aliphatic hydroxyl groups excluding tert-OH is 1. The molecule has 3 aromatic heterocycles. The summed E-state index contributed by atoms with van der Waals surface area (Å²) in [5.41, 5.74) is 2.72. The minimum atomic E-state index is -0.655. The number of aromatic nitrogens is 6. The van der Waals surface area contributed by atoms with Gasteiger partial charge in [-0.25, -0.2) is 18.7 Å². The summed E-state index contributed by atoms with van der Waals surface area (Å²) in [5, 5.41) is 22.9. The number of rotatable bonds is 5. The average Bonchev–Trinajstić information content (AvgIpc) is 3.46. The number of fused-ring (bicyclic) bond motifs is 5. The van der Waals surface area contributed by atoms with Crippen molar-refractivity contribution in [3.63, 3.8) is 0 Å². The van der Waals surface area contributed by atoms with E-state index in [0.717, 1.165) is 35.4 Å². The second-order valence-corrected chi connectivity index (χ2v) is 10.4. The van der Waals surface area contributed by atoms with Gasteiger partial charge in [0.1, 0.15) is 11.6 Å². The van der Waals surface area contributed by atoms with Gasteiger partial charge in [-0.15, -0.1) is 5.10 Å². The zero-order valence-corrected chi connectivity index (χ0v) is 20.3. The maximum atomic E-state index is 14.5. The van der Waals surface area contributed by atoms with Gasteiger partial charge in [0.2, 0.25) is 0 Å². The Morgan fingerprint density at radius 3 is 2.69 bits per heavy atom. The van der Waals surface area contributed by atoms with Crippen LogP contribution in [0.2, 0.25) is 0 Å². The van der Waals surface area contributed by atoms with Crippen LogP contribution in [0.5, 0.6) is 0 Å². The summed E-state index contributed by atoms with van der Waals surface area (Å²) in [6, 6.07) is 7.54. The standard InChI is InChI=1S/C27H26F2N6O/c1-15(36)13-35-14-16(12-31-35)25-30-10-8-22(32-25)27-9-7-18(26(27,2)3)17-11-21(33-34-24(17)27)23-19(28)5-4-6-20(23)29/h4-6,8,10-12,14-15,18,36H,7,9,13H2,1-3H3/t15-,18-,27-/m0/s1. The van der Waals surface area contributed by atoms with Gasteiger partial charge < -0.3 is 5.11 Å². The molecule has 1 N–H and O–H groups in total. The monoisotopic (exact) mass is 488 g/mol. The van der Waals surface area contributed by atoms with Gasteiger partial charge in [0.25, 0.3) is 0 Å². The van der Waals surface area contributed by atoms with Crippen molar-refractivity contribution in [1.29, 1.82) is 0 Å². The van der Waals surface area contributed by atoms with Crippen LogP contribution in [-0.4, -0.2) is 41.2 Å². The van der Waals surface area contributed by atoms with Crippen LogP contribution in [0.1, 0.15) is 56.5 Å². The van der Waals surface area contributed by atoms with Crippen molar-refractivity contribution >= 4 is 0 Å². The van der Waals surface area contributed by atoms with Crippen molar-refractivity contribution in [3.05, 3.63) is 77.5 Å². The molecule has 4 aromatic rings. The van der Waals surface area contributed by atoms with E-state index in [2.05, 4.69) is 34.1 Å². The topological polar surface area (TPSA) is 89.6 Å². The maximum Gasteiger partial charge on any atom is 0.162 e. The fourth-order valence-electron chi connectivity index (χ4n) is 6.34. The van der Waals surface area contributed by atoms with Crippen molar-refractivity contribution in [2.24, 2.45) is 5.41 Å². The van der Waals surface area contributed by atoms with E-state index in [4.69, 9.17) is 4.98 Å². The fraction of sp³-hybridized carbons (Fsp3) is 0.370. The van der Waals surface area contributed by atoms with E-state index in [1.165, 1.54) is 18.2 Å². The minimum Gasteiger partial charge on any atom is -0.391 e. The Hall–Kier alpha value is -3.59. The molecular weight excluding hydrogens is 462 g/mol. The van der Waals surface area contributed by atoms with E-state index in [-0.39, 0.29) is 22.6 Å². The van der Waals surface area contributed by atoms with Crippen molar-refractivity contribution in [2.45, 2.75) is 57.6 Å². The van der Waals surface area contributed by atoms with Gasteiger partial charge in [0, 0.05) is 12.4 Å². The molecule has 0 unspecified atom stereocenters. The van der Waals surface area contributed by atoms with Crippen LogP contribution in [0.25, 0.3) is 22.6 Å². The molecule has 0 radical (unpaired) electrons. The normalized spacial score (nSPS) is 22.6. The number of halogens is 2. The first-order valence-corrected chi connectivity index (χ1v) is 12.1. The Balaban J connectivity index is 1.46. The van der Waals surface area contributed by atoms with Crippen LogP contribution < -0.4 is 0 Å². The van der Waals surface area contributed by atoms with Gasteiger partial charge in [0.15, 0.2) is 5.82 Å². The summed E-state index contributed by atoms with van der Waals surface area (Å²) in [5.74, 6) is -0.607. The highest BCUT2D eigenvalue weighted by Crippen LogP contribution is 2.69. The molecule has 3 heterocycles. The summed E-state index contributed by atoms with van der Waals surface area (Å²) >= 11 is 0. The lowest BCUT2D eigenvalue weighted by Crippen LogP contribution is -2.38. The minimum absolute atomic E-state index is 0.152. The van der Waals surface area contributed by atoms with Crippen molar-refractivity contribution in [1.82, 2.24) is 29.9 Å². The third-order valence-electron chi connectivity index (χ3n) is 8.04. The van der Waals surface area contributed by atoms with Crippen LogP contribution in [0.3, 0.4) is 0 Å². The molecule has 1 fully saturated rings. The first-order chi connectivity index (χ1) is 17.2. The molecular formula is C27H26F2N6O. The molecule has 7 nitrogen and oxygen atoms in total. The lowest BCUT2D eigenvalue weighted by atomic mass is 9.66. The van der Waals surface area contributed by atoms with Gasteiger partial charge in [0.05, 0.1) is 52.5 Å². The predicted octanol–water partition coefficient (Wildman–Crippen LogP) is 4.66. The second-order valence-electron chi connectivity index (χ2n) is 10.4. The Bertz CT molecular complexity index is 1460. The molecule has 36 heavy (non-hydrogen) atoms. The molecule has 0 amide bonds. The fourth-order valence-corrected chi connectivity index (χ4v) is 6.34. The van der Waals surface area contributed by atoms with Gasteiger partial charge in [-0.05, 0) is 60.9 Å². The third kappa shape index (κ3) is 3.15. The first-order valence-electron chi connectivity index (χ1n) is 12.1. The summed E-state index contributed by atoms with van der Waals surface area (Å²) in [4.78, 5) is 9.46. The largest absolute Gasteiger partial charge is 0.391 e. The summed E-state index contributed by atoms with van der Waals surface area (Å²) in [6.45, 7) is 6.50. The Morgan fingerprint density at radius 1 is 1.17 bits per heavy atom. The van der Waals surface area contributed by atoms with Gasteiger partial charge in [-0.2, -0.15) is 10.2 Å². The highest BCUT2D eigenvalue weighted by molar-refractivity contribution is 5.64. The highest BCUT2D eigenvalue weighted by Gasteiger charge is 2.65. The molecule has 2 bridgehead atoms. The number of benzene rings is 1. The van der Waals surface area contributed by atoms with Crippen LogP contribution >= 0.6 is 0 Å². The molecule has 2 aliphatic rings. The van der Waals surface area contributed by atoms with Crippen LogP contribution in [0, 0.1) is 17.0 Å². The zero-order valence-electron chi connectivity index (χ0n) is 20.3. The van der Waals surface area contributed by atoms with Crippen LogP contribution in [0.15, 0.2) is 48.9 Å². The zero-order chi connectivity index (χ0) is 25.2. The van der Waals surface area contributed by atoms with Crippen molar-refractivity contribution in [2.75, 3.05) is 0 Å². The Kier molecular flexibility index (Phi) is 5.05. The van der Waals surface area contributed by atoms with Crippen LogP contribution in [-0.2, 0) is 12.0 Å². The third-order valence-corrected chi connectivity index (χ3v) is 8.04. The molecule has 9 heteroatoms. The van der Waals surface area contributed by atoms with Crippen molar-refractivity contribution < 1.29 is 13.9 Å². The Morgan fingerprint density at radius 2 is 1.94 bits per heavy atom. The van der Waals surface area contributed by atoms with Gasteiger partial charge in [-0.1, -0.05) is 19.9 Å². The highest BCUT2D eigenvalue weighted by atomic mass is 19.1. The number of nitrogens with zero attached hydrogens (tertiary/aromatic N) is 6. The van der Waals surface area contributed by atoms with E-state index in [0.29, 0.717) is 12.4 Å². The lowest BCUT2D eigenvalue weighted by Gasteiger charge is -2.37. The summed E-state index contributed by atoms with van der Waals surface area (Å²) in [6.07, 6.45) is 6.50. The van der Waals surface area contributed by atoms with Gasteiger partial charge in [-0.3, -0.25) is 4.68 Å². The molecule has 0 spiro atoms. The number of hydrogen-bond donors (Lipinski definition) is 1. The number of aliphatic hydroxyl groups is 1. The van der Waals surface area contributed by atoms with E-state index in [9.17, 15) is 13.9 Å². The smallest absolute Gasteiger partial charge is 0.162 e. The van der Waals surface area contributed by atoms with E-state index in [1.807, 2.05) is 12.3 Å². The van der Waals surface area contributed by atoms with Gasteiger partial charge >= 0.3 is 0 Å². The molecule has 6 rings (SSSR count). The van der Waals surface area contributed by atoms with E-state index < -0.39 is 23.2 Å². The van der Waals surface area contributed by atoms with E-state index >= 15 is 0 Å². The maximum absolute atomic E-state index is 14.5. The van der Waals surface area contributed by atoms with Crippen molar-refractivity contribution in [3.8, 4) is 22.6 Å². The second kappa shape index (κ2) is 7.96. The molecule has 0 aliphatic heterocycles. The van der Waals surface area contributed by atoms with Crippen LogP contribution in [0.4, 0.5) is 8.78 Å². The molecule has 0 saturated heterocycles. The molecule has 3 atom stereocenters. The quantitative estimate of drug-likeness (QED) is 0.440. The van der Waals surface area contributed by atoms with E-state index in [1.54, 1.807) is 30.1 Å². The lowest BCUT2D eigenvalue weighted by molar-refractivity contribution is 0.168. The average molecular weight is 489 g/mol. The SMILES string of the molecule is C[C@H](O)Cn1cc(-c2nccc([C@@]34CC[C@@H](c5cc(-c6c(F)cccc6F)nnc53)C4(C)C)n2)cn1. The Labute approximate surface area is 207 Å². The molecule has 2 aliphatic carbocycles. The molecule has 1 aromatic carbocycles.